The predicted octanol–water partition coefficient (Wildman–Crippen LogP) is 2.83. The van der Waals surface area contributed by atoms with Gasteiger partial charge in [0.2, 0.25) is 15.9 Å². The van der Waals surface area contributed by atoms with Crippen molar-refractivity contribution in [3.63, 3.8) is 0 Å². The van der Waals surface area contributed by atoms with Crippen LogP contribution in [-0.4, -0.2) is 46.9 Å². The van der Waals surface area contributed by atoms with Crippen LogP contribution in [0.25, 0.3) is 0 Å². The van der Waals surface area contributed by atoms with Gasteiger partial charge in [0.1, 0.15) is 18.1 Å². The van der Waals surface area contributed by atoms with Crippen LogP contribution in [-0.2, 0) is 14.8 Å². The summed E-state index contributed by atoms with van der Waals surface area (Å²) in [6.45, 7) is 2.40. The van der Waals surface area contributed by atoms with Gasteiger partial charge in [-0.1, -0.05) is 30.3 Å². The molecule has 2 aromatic rings. The number of carbonyl (C=O) groups excluding carboxylic acids is 1. The van der Waals surface area contributed by atoms with Gasteiger partial charge in [0.15, 0.2) is 0 Å². The van der Waals surface area contributed by atoms with E-state index in [0.717, 1.165) is 12.0 Å². The van der Waals surface area contributed by atoms with E-state index in [2.05, 4.69) is 5.32 Å². The Morgan fingerprint density at radius 3 is 2.41 bits per heavy atom. The third-order valence-electron chi connectivity index (χ3n) is 4.17. The summed E-state index contributed by atoms with van der Waals surface area (Å²) in [4.78, 5) is 12.2. The van der Waals surface area contributed by atoms with Gasteiger partial charge in [-0.25, -0.2) is 8.42 Å². The van der Waals surface area contributed by atoms with Crippen molar-refractivity contribution >= 4 is 21.6 Å². The molecule has 2 rings (SSSR count). The van der Waals surface area contributed by atoms with Crippen molar-refractivity contribution in [2.75, 3.05) is 30.8 Å². The Morgan fingerprint density at radius 1 is 1.10 bits per heavy atom. The fourth-order valence-electron chi connectivity index (χ4n) is 2.81. The molecule has 1 unspecified atom stereocenters. The molecule has 0 aromatic heterocycles. The van der Waals surface area contributed by atoms with Crippen LogP contribution in [0.5, 0.6) is 11.5 Å². The first-order chi connectivity index (χ1) is 13.8. The summed E-state index contributed by atoms with van der Waals surface area (Å²) in [7, 11) is -2.02. The van der Waals surface area contributed by atoms with Gasteiger partial charge in [-0.05, 0) is 37.6 Å². The first kappa shape index (κ1) is 22.5. The zero-order valence-corrected chi connectivity index (χ0v) is 17.8. The molecule has 0 radical (unpaired) electrons. The molecule has 0 heterocycles. The van der Waals surface area contributed by atoms with E-state index in [9.17, 15) is 13.2 Å². The third kappa shape index (κ3) is 7.30. The molecule has 0 aliphatic heterocycles. The van der Waals surface area contributed by atoms with E-state index < -0.39 is 10.0 Å². The lowest BCUT2D eigenvalue weighted by molar-refractivity contribution is -0.121. The van der Waals surface area contributed by atoms with E-state index in [4.69, 9.17) is 9.47 Å². The average Bonchev–Trinajstić information content (AvgIpc) is 2.69. The first-order valence-electron chi connectivity index (χ1n) is 9.39. The summed E-state index contributed by atoms with van der Waals surface area (Å²) in [5, 5.41) is 2.87. The Hall–Kier alpha value is -2.74. The number of nitrogens with zero attached hydrogens (tertiary/aromatic N) is 1. The van der Waals surface area contributed by atoms with Gasteiger partial charge in [-0.3, -0.25) is 9.10 Å². The third-order valence-corrected chi connectivity index (χ3v) is 5.35. The van der Waals surface area contributed by atoms with Crippen molar-refractivity contribution < 1.29 is 22.7 Å². The monoisotopic (exact) mass is 420 g/mol. The van der Waals surface area contributed by atoms with E-state index in [0.29, 0.717) is 24.5 Å². The van der Waals surface area contributed by atoms with Crippen LogP contribution in [0.4, 0.5) is 5.69 Å². The molecule has 2 aromatic carbocycles. The molecular weight excluding hydrogens is 392 g/mol. The summed E-state index contributed by atoms with van der Waals surface area (Å²) in [6, 6.07) is 16.1. The lowest BCUT2D eigenvalue weighted by Gasteiger charge is -2.24. The number of benzene rings is 2. The predicted molar refractivity (Wildman–Crippen MR) is 114 cm³/mol. The average molecular weight is 421 g/mol. The minimum atomic E-state index is -3.51. The number of hydrogen-bond acceptors (Lipinski definition) is 5. The van der Waals surface area contributed by atoms with Crippen molar-refractivity contribution in [1.82, 2.24) is 5.32 Å². The number of para-hydroxylation sites is 3. The zero-order valence-electron chi connectivity index (χ0n) is 17.0. The second kappa shape index (κ2) is 10.7. The minimum absolute atomic E-state index is 0.150. The number of amides is 1. The number of methoxy groups -OCH3 is 1. The number of anilines is 1. The van der Waals surface area contributed by atoms with Gasteiger partial charge >= 0.3 is 0 Å². The van der Waals surface area contributed by atoms with E-state index in [-0.39, 0.29) is 24.9 Å². The Labute approximate surface area is 172 Å². The lowest BCUT2D eigenvalue weighted by atomic mass is 10.2. The molecule has 29 heavy (non-hydrogen) atoms. The Bertz CT molecular complexity index is 887. The molecule has 1 N–H and O–H groups in total. The largest absolute Gasteiger partial charge is 0.495 e. The second-order valence-electron chi connectivity index (χ2n) is 6.70. The minimum Gasteiger partial charge on any atom is -0.495 e. The standard InChI is InChI=1S/C21H28N2O5S/c1-17(16-28-18-10-5-4-6-11-18)22-21(24)14-9-15-23(29(3,25)26)19-12-7-8-13-20(19)27-2/h4-8,10-13,17H,9,14-16H2,1-3H3,(H,22,24). The van der Waals surface area contributed by atoms with Crippen LogP contribution < -0.4 is 19.1 Å². The molecule has 0 aliphatic carbocycles. The van der Waals surface area contributed by atoms with E-state index in [1.54, 1.807) is 24.3 Å². The smallest absolute Gasteiger partial charge is 0.232 e. The fourth-order valence-corrected chi connectivity index (χ4v) is 3.78. The number of sulfonamides is 1. The van der Waals surface area contributed by atoms with E-state index in [1.165, 1.54) is 11.4 Å². The molecule has 0 bridgehead atoms. The Kier molecular flexibility index (Phi) is 8.33. The summed E-state index contributed by atoms with van der Waals surface area (Å²) in [5.41, 5.74) is 0.461. The maximum atomic E-state index is 12.2. The van der Waals surface area contributed by atoms with Crippen molar-refractivity contribution in [1.29, 1.82) is 0 Å². The topological polar surface area (TPSA) is 84.9 Å². The highest BCUT2D eigenvalue weighted by Crippen LogP contribution is 2.29. The van der Waals surface area contributed by atoms with Crippen LogP contribution in [0.2, 0.25) is 0 Å². The number of ether oxygens (including phenoxy) is 2. The van der Waals surface area contributed by atoms with E-state index in [1.807, 2.05) is 37.3 Å². The first-order valence-corrected chi connectivity index (χ1v) is 11.2. The molecule has 0 aliphatic rings. The molecular formula is C21H28N2O5S. The molecule has 0 fully saturated rings. The van der Waals surface area contributed by atoms with Crippen LogP contribution >= 0.6 is 0 Å². The summed E-state index contributed by atoms with van der Waals surface area (Å²) in [6.07, 6.45) is 1.72. The fraction of sp³-hybridized carbons (Fsp3) is 0.381. The van der Waals surface area contributed by atoms with Gasteiger partial charge < -0.3 is 14.8 Å². The SMILES string of the molecule is COc1ccccc1N(CCCC(=O)NC(C)COc1ccccc1)S(C)(=O)=O. The van der Waals surface area contributed by atoms with Crippen LogP contribution in [0.3, 0.4) is 0 Å². The quantitative estimate of drug-likeness (QED) is 0.604. The van der Waals surface area contributed by atoms with Crippen LogP contribution in [0.15, 0.2) is 54.6 Å². The van der Waals surface area contributed by atoms with Crippen LogP contribution in [0, 0.1) is 0 Å². The molecule has 0 saturated carbocycles. The lowest BCUT2D eigenvalue weighted by Crippen LogP contribution is -2.37. The highest BCUT2D eigenvalue weighted by molar-refractivity contribution is 7.92. The molecule has 1 atom stereocenters. The highest BCUT2D eigenvalue weighted by atomic mass is 32.2. The molecule has 0 saturated heterocycles. The molecule has 8 heteroatoms. The van der Waals surface area contributed by atoms with Crippen molar-refractivity contribution in [2.24, 2.45) is 0 Å². The zero-order chi connectivity index (χ0) is 21.3. The van der Waals surface area contributed by atoms with Gasteiger partial charge in [0.05, 0.1) is 25.1 Å². The normalized spacial score (nSPS) is 12.1. The maximum Gasteiger partial charge on any atom is 0.232 e. The number of rotatable bonds is 11. The summed E-state index contributed by atoms with van der Waals surface area (Å²) < 4.78 is 36.6. The van der Waals surface area contributed by atoms with Gasteiger partial charge in [-0.15, -0.1) is 0 Å². The molecule has 1 amide bonds. The Morgan fingerprint density at radius 2 is 1.76 bits per heavy atom. The summed E-state index contributed by atoms with van der Waals surface area (Å²) in [5.74, 6) is 1.06. The number of carbonyl (C=O) groups is 1. The molecule has 158 valence electrons. The van der Waals surface area contributed by atoms with Crippen molar-refractivity contribution in [3.8, 4) is 11.5 Å². The van der Waals surface area contributed by atoms with Gasteiger partial charge in [0.25, 0.3) is 0 Å². The second-order valence-corrected chi connectivity index (χ2v) is 8.61. The van der Waals surface area contributed by atoms with Gasteiger partial charge in [0, 0.05) is 13.0 Å². The van der Waals surface area contributed by atoms with Crippen molar-refractivity contribution in [2.45, 2.75) is 25.8 Å². The molecule has 0 spiro atoms. The van der Waals surface area contributed by atoms with Crippen LogP contribution in [0.1, 0.15) is 19.8 Å². The molecule has 7 nitrogen and oxygen atoms in total. The van der Waals surface area contributed by atoms with Gasteiger partial charge in [-0.2, -0.15) is 0 Å². The number of nitrogens with one attached hydrogen (secondary N) is 1. The Balaban J connectivity index is 1.85. The van der Waals surface area contributed by atoms with Crippen molar-refractivity contribution in [3.05, 3.63) is 54.6 Å². The summed E-state index contributed by atoms with van der Waals surface area (Å²) >= 11 is 0. The maximum absolute atomic E-state index is 12.2. The number of hydrogen-bond donors (Lipinski definition) is 1. The highest BCUT2D eigenvalue weighted by Gasteiger charge is 2.21. The van der Waals surface area contributed by atoms with E-state index >= 15 is 0 Å².